The summed E-state index contributed by atoms with van der Waals surface area (Å²) in [6.45, 7) is -0.208. The number of sulfonamides is 1. The van der Waals surface area contributed by atoms with Gasteiger partial charge in [0.1, 0.15) is 10.0 Å². The Morgan fingerprint density at radius 3 is 2.67 bits per heavy atom. The van der Waals surface area contributed by atoms with Gasteiger partial charge in [0.05, 0.1) is 12.3 Å². The molecule has 1 aromatic carbocycles. The molecule has 2 aromatic rings. The predicted molar refractivity (Wildman–Crippen MR) is 67.5 cm³/mol. The van der Waals surface area contributed by atoms with Gasteiger partial charge in [-0.1, -0.05) is 6.07 Å². The molecule has 0 unspecified atom stereocenters. The number of thiophene rings is 1. The largest absolute Gasteiger partial charge is 0.391 e. The Morgan fingerprint density at radius 1 is 1.28 bits per heavy atom. The summed E-state index contributed by atoms with van der Waals surface area (Å²) in [7, 11) is -3.73. The SMILES string of the molecule is O=S(=O)(Nc1cccc(F)c1)c1ccc(CO)s1. The summed E-state index contributed by atoms with van der Waals surface area (Å²) in [5.74, 6) is -0.516. The topological polar surface area (TPSA) is 66.4 Å². The number of rotatable bonds is 4. The van der Waals surface area contributed by atoms with E-state index < -0.39 is 15.8 Å². The summed E-state index contributed by atoms with van der Waals surface area (Å²) in [5, 5.41) is 8.89. The second-order valence-electron chi connectivity index (χ2n) is 3.49. The Kier molecular flexibility index (Phi) is 3.65. The normalized spacial score (nSPS) is 11.4. The molecule has 2 rings (SSSR count). The zero-order chi connectivity index (χ0) is 13.2. The van der Waals surface area contributed by atoms with Crippen molar-refractivity contribution in [2.24, 2.45) is 0 Å². The second kappa shape index (κ2) is 5.05. The summed E-state index contributed by atoms with van der Waals surface area (Å²) in [6, 6.07) is 8.13. The van der Waals surface area contributed by atoms with E-state index in [1.165, 1.54) is 30.3 Å². The van der Waals surface area contributed by atoms with Crippen LogP contribution in [-0.4, -0.2) is 13.5 Å². The van der Waals surface area contributed by atoms with Crippen LogP contribution in [0.4, 0.5) is 10.1 Å². The predicted octanol–water partition coefficient (Wildman–Crippen LogP) is 2.18. The highest BCUT2D eigenvalue weighted by Crippen LogP contribution is 2.24. The van der Waals surface area contributed by atoms with Crippen LogP contribution in [0.5, 0.6) is 0 Å². The minimum Gasteiger partial charge on any atom is -0.391 e. The van der Waals surface area contributed by atoms with Gasteiger partial charge in [-0.3, -0.25) is 4.72 Å². The molecule has 18 heavy (non-hydrogen) atoms. The number of aliphatic hydroxyl groups excluding tert-OH is 1. The molecule has 0 spiro atoms. The first-order chi connectivity index (χ1) is 8.51. The molecule has 0 atom stereocenters. The zero-order valence-corrected chi connectivity index (χ0v) is 10.8. The number of aliphatic hydroxyl groups is 1. The molecule has 1 aromatic heterocycles. The minimum atomic E-state index is -3.73. The van der Waals surface area contributed by atoms with E-state index in [9.17, 15) is 12.8 Å². The lowest BCUT2D eigenvalue weighted by molar-refractivity contribution is 0.285. The number of hydrogen-bond acceptors (Lipinski definition) is 4. The van der Waals surface area contributed by atoms with Crippen molar-refractivity contribution in [1.29, 1.82) is 0 Å². The Bertz CT molecular complexity index is 652. The molecule has 0 radical (unpaired) electrons. The molecule has 0 aliphatic rings. The molecule has 4 nitrogen and oxygen atoms in total. The molecule has 96 valence electrons. The van der Waals surface area contributed by atoms with Crippen LogP contribution in [0.1, 0.15) is 4.88 Å². The van der Waals surface area contributed by atoms with Gasteiger partial charge in [-0.25, -0.2) is 12.8 Å². The minimum absolute atomic E-state index is 0.0795. The highest BCUT2D eigenvalue weighted by molar-refractivity contribution is 7.94. The Morgan fingerprint density at radius 2 is 2.06 bits per heavy atom. The van der Waals surface area contributed by atoms with Crippen LogP contribution in [0.3, 0.4) is 0 Å². The fourth-order valence-electron chi connectivity index (χ4n) is 1.35. The van der Waals surface area contributed by atoms with Crippen LogP contribution in [0.2, 0.25) is 0 Å². The third kappa shape index (κ3) is 2.87. The van der Waals surface area contributed by atoms with Crippen LogP contribution in [0.15, 0.2) is 40.6 Å². The van der Waals surface area contributed by atoms with E-state index in [1.54, 1.807) is 0 Å². The standard InChI is InChI=1S/C11H10FNO3S2/c12-8-2-1-3-9(6-8)13-18(15,16)11-5-4-10(7-14)17-11/h1-6,13-14H,7H2. The van der Waals surface area contributed by atoms with Gasteiger partial charge >= 0.3 is 0 Å². The summed E-state index contributed by atoms with van der Waals surface area (Å²) >= 11 is 0.969. The fourth-order valence-corrected chi connectivity index (χ4v) is 3.61. The summed E-state index contributed by atoms with van der Waals surface area (Å²) < 4.78 is 39.2. The van der Waals surface area contributed by atoms with Crippen LogP contribution in [0.25, 0.3) is 0 Å². The van der Waals surface area contributed by atoms with Crippen molar-refractivity contribution in [2.45, 2.75) is 10.8 Å². The summed E-state index contributed by atoms with van der Waals surface area (Å²) in [5.41, 5.74) is 0.161. The highest BCUT2D eigenvalue weighted by Gasteiger charge is 2.16. The van der Waals surface area contributed by atoms with Crippen LogP contribution in [0, 0.1) is 5.82 Å². The Hall–Kier alpha value is -1.44. The van der Waals surface area contributed by atoms with E-state index in [4.69, 9.17) is 5.11 Å². The summed E-state index contributed by atoms with van der Waals surface area (Å²) in [4.78, 5) is 0.551. The number of halogens is 1. The highest BCUT2D eigenvalue weighted by atomic mass is 32.2. The van der Waals surface area contributed by atoms with E-state index in [-0.39, 0.29) is 16.5 Å². The molecule has 0 saturated carbocycles. The molecule has 0 aliphatic heterocycles. The molecular formula is C11H10FNO3S2. The molecule has 0 saturated heterocycles. The maximum absolute atomic E-state index is 12.9. The number of benzene rings is 1. The van der Waals surface area contributed by atoms with Gasteiger partial charge in [-0.15, -0.1) is 11.3 Å². The van der Waals surface area contributed by atoms with E-state index in [2.05, 4.69) is 4.72 Å². The third-order valence-corrected chi connectivity index (χ3v) is 5.08. The average molecular weight is 287 g/mol. The van der Waals surface area contributed by atoms with E-state index in [1.807, 2.05) is 0 Å². The molecule has 1 heterocycles. The van der Waals surface area contributed by atoms with E-state index in [0.717, 1.165) is 17.4 Å². The van der Waals surface area contributed by atoms with Crippen molar-refractivity contribution in [3.05, 3.63) is 47.1 Å². The maximum atomic E-state index is 12.9. The molecule has 0 fully saturated rings. The Balaban J connectivity index is 2.27. The molecule has 0 amide bonds. The molecule has 0 aliphatic carbocycles. The number of hydrogen-bond donors (Lipinski definition) is 2. The van der Waals surface area contributed by atoms with E-state index >= 15 is 0 Å². The van der Waals surface area contributed by atoms with Crippen molar-refractivity contribution in [1.82, 2.24) is 0 Å². The van der Waals surface area contributed by atoms with Crippen LogP contribution >= 0.6 is 11.3 Å². The quantitative estimate of drug-likeness (QED) is 0.905. The lowest BCUT2D eigenvalue weighted by Crippen LogP contribution is -2.11. The van der Waals surface area contributed by atoms with E-state index in [0.29, 0.717) is 4.88 Å². The lowest BCUT2D eigenvalue weighted by Gasteiger charge is -2.05. The first-order valence-electron chi connectivity index (χ1n) is 4.99. The van der Waals surface area contributed by atoms with Crippen molar-refractivity contribution in [3.63, 3.8) is 0 Å². The van der Waals surface area contributed by atoms with Gasteiger partial charge < -0.3 is 5.11 Å². The van der Waals surface area contributed by atoms with Gasteiger partial charge in [0, 0.05) is 4.88 Å². The van der Waals surface area contributed by atoms with Gasteiger partial charge in [0.15, 0.2) is 0 Å². The zero-order valence-electron chi connectivity index (χ0n) is 9.13. The van der Waals surface area contributed by atoms with Gasteiger partial charge in [0.25, 0.3) is 10.0 Å². The fraction of sp³-hybridized carbons (Fsp3) is 0.0909. The van der Waals surface area contributed by atoms with Crippen LogP contribution < -0.4 is 4.72 Å². The first-order valence-corrected chi connectivity index (χ1v) is 7.29. The number of nitrogens with one attached hydrogen (secondary N) is 1. The maximum Gasteiger partial charge on any atom is 0.271 e. The Labute approximate surface area is 108 Å². The second-order valence-corrected chi connectivity index (χ2v) is 6.57. The molecule has 7 heteroatoms. The van der Waals surface area contributed by atoms with Crippen molar-refractivity contribution >= 4 is 27.0 Å². The van der Waals surface area contributed by atoms with Crippen molar-refractivity contribution in [3.8, 4) is 0 Å². The van der Waals surface area contributed by atoms with Gasteiger partial charge in [-0.05, 0) is 30.3 Å². The van der Waals surface area contributed by atoms with Crippen molar-refractivity contribution in [2.75, 3.05) is 4.72 Å². The smallest absolute Gasteiger partial charge is 0.271 e. The molecular weight excluding hydrogens is 277 g/mol. The lowest BCUT2D eigenvalue weighted by atomic mass is 10.3. The monoisotopic (exact) mass is 287 g/mol. The van der Waals surface area contributed by atoms with Crippen molar-refractivity contribution < 1.29 is 17.9 Å². The molecule has 0 bridgehead atoms. The van der Waals surface area contributed by atoms with Crippen LogP contribution in [-0.2, 0) is 16.6 Å². The molecule has 2 N–H and O–H groups in total. The number of anilines is 1. The summed E-state index contributed by atoms with van der Waals surface area (Å²) in [6.07, 6.45) is 0. The average Bonchev–Trinajstić information content (AvgIpc) is 2.77. The first kappa shape index (κ1) is 13.0. The van der Waals surface area contributed by atoms with Gasteiger partial charge in [0.2, 0.25) is 0 Å². The third-order valence-electron chi connectivity index (χ3n) is 2.13. The van der Waals surface area contributed by atoms with Gasteiger partial charge in [-0.2, -0.15) is 0 Å².